The van der Waals surface area contributed by atoms with Gasteiger partial charge in [0.25, 0.3) is 0 Å². The summed E-state index contributed by atoms with van der Waals surface area (Å²) in [5.74, 6) is 1.36. The van der Waals surface area contributed by atoms with Crippen molar-refractivity contribution >= 4 is 39.5 Å². The number of aryl methyl sites for hydroxylation is 1. The van der Waals surface area contributed by atoms with Gasteiger partial charge in [0.1, 0.15) is 11.5 Å². The van der Waals surface area contributed by atoms with Crippen molar-refractivity contribution < 1.29 is 9.47 Å². The Morgan fingerprint density at radius 3 is 2.53 bits per heavy atom. The maximum Gasteiger partial charge on any atom is 0.175 e. The minimum absolute atomic E-state index is 0.462. The maximum atomic E-state index is 5.56. The summed E-state index contributed by atoms with van der Waals surface area (Å²) in [5.41, 5.74) is 4.78. The van der Waals surface area contributed by atoms with Crippen LogP contribution < -0.4 is 20.1 Å². The third-order valence-corrected chi connectivity index (χ3v) is 5.68. The molecule has 1 aromatic heterocycles. The quantitative estimate of drug-likeness (QED) is 0.380. The molecule has 4 aromatic rings. The molecular weight excluding hydrogens is 420 g/mol. The summed E-state index contributed by atoms with van der Waals surface area (Å²) >= 11 is 5.56. The van der Waals surface area contributed by atoms with Crippen LogP contribution in [0.5, 0.6) is 11.5 Å². The molecule has 0 saturated carbocycles. The van der Waals surface area contributed by atoms with Gasteiger partial charge in [-0.25, -0.2) is 0 Å². The molecule has 0 unspecified atom stereocenters. The number of rotatable bonds is 6. The van der Waals surface area contributed by atoms with E-state index in [4.69, 9.17) is 26.8 Å². The number of methoxy groups -OCH3 is 2. The first kappa shape index (κ1) is 21.6. The number of hydrogen-bond acceptors (Lipinski definition) is 4. The van der Waals surface area contributed by atoms with Crippen LogP contribution in [0.25, 0.3) is 10.8 Å². The predicted octanol–water partition coefficient (Wildman–Crippen LogP) is 5.53. The SMILES string of the molecule is COc1ccc(NC(=S)Nc2c(C)nn(Cc3cccc4ccccc34)c2C)c(OC)c1. The second kappa shape index (κ2) is 9.28. The van der Waals surface area contributed by atoms with Crippen molar-refractivity contribution in [1.29, 1.82) is 0 Å². The number of aromatic nitrogens is 2. The highest BCUT2D eigenvalue weighted by molar-refractivity contribution is 7.80. The van der Waals surface area contributed by atoms with E-state index < -0.39 is 0 Å². The monoisotopic (exact) mass is 446 g/mol. The number of hydrogen-bond donors (Lipinski definition) is 2. The third kappa shape index (κ3) is 4.38. The smallest absolute Gasteiger partial charge is 0.175 e. The van der Waals surface area contributed by atoms with Gasteiger partial charge in [0.2, 0.25) is 0 Å². The Balaban J connectivity index is 1.54. The molecule has 1 heterocycles. The molecule has 0 radical (unpaired) electrons. The van der Waals surface area contributed by atoms with Crippen molar-refractivity contribution in [1.82, 2.24) is 9.78 Å². The molecule has 0 aliphatic carbocycles. The third-order valence-electron chi connectivity index (χ3n) is 5.48. The lowest BCUT2D eigenvalue weighted by molar-refractivity contribution is 0.395. The molecule has 32 heavy (non-hydrogen) atoms. The van der Waals surface area contributed by atoms with Crippen LogP contribution in [-0.2, 0) is 6.54 Å². The van der Waals surface area contributed by atoms with E-state index in [1.807, 2.05) is 36.7 Å². The zero-order valence-corrected chi connectivity index (χ0v) is 19.4. The Morgan fingerprint density at radius 1 is 0.969 bits per heavy atom. The van der Waals surface area contributed by atoms with Gasteiger partial charge in [0, 0.05) is 6.07 Å². The number of benzene rings is 3. The van der Waals surface area contributed by atoms with Gasteiger partial charge in [0.15, 0.2) is 5.11 Å². The first-order valence-electron chi connectivity index (χ1n) is 10.3. The largest absolute Gasteiger partial charge is 0.497 e. The normalized spacial score (nSPS) is 10.8. The van der Waals surface area contributed by atoms with Crippen molar-refractivity contribution in [3.05, 3.63) is 77.6 Å². The average molecular weight is 447 g/mol. The van der Waals surface area contributed by atoms with Crippen molar-refractivity contribution in [2.45, 2.75) is 20.4 Å². The highest BCUT2D eigenvalue weighted by Crippen LogP contribution is 2.30. The highest BCUT2D eigenvalue weighted by atomic mass is 32.1. The summed E-state index contributed by atoms with van der Waals surface area (Å²) in [6.45, 7) is 4.71. The summed E-state index contributed by atoms with van der Waals surface area (Å²) < 4.78 is 12.7. The predicted molar refractivity (Wildman–Crippen MR) is 134 cm³/mol. The molecule has 7 heteroatoms. The Labute approximate surface area is 193 Å². The summed E-state index contributed by atoms with van der Waals surface area (Å²) in [7, 11) is 3.23. The number of ether oxygens (including phenoxy) is 2. The fraction of sp³-hybridized carbons (Fsp3) is 0.200. The second-order valence-electron chi connectivity index (χ2n) is 7.49. The summed E-state index contributed by atoms with van der Waals surface area (Å²) in [6.07, 6.45) is 0. The lowest BCUT2D eigenvalue weighted by Gasteiger charge is -2.15. The molecule has 0 aliphatic rings. The lowest BCUT2D eigenvalue weighted by Crippen LogP contribution is -2.20. The summed E-state index contributed by atoms with van der Waals surface area (Å²) in [6, 6.07) is 20.3. The lowest BCUT2D eigenvalue weighted by atomic mass is 10.0. The van der Waals surface area contributed by atoms with Gasteiger partial charge in [-0.1, -0.05) is 42.5 Å². The number of anilines is 2. The van der Waals surface area contributed by atoms with Gasteiger partial charge < -0.3 is 20.1 Å². The minimum Gasteiger partial charge on any atom is -0.497 e. The number of thiocarbonyl (C=S) groups is 1. The standard InChI is InChI=1S/C25H26N4O2S/c1-16-24(27-25(32)26-22-13-12-20(30-3)14-23(22)31-4)17(2)29(28-16)15-19-10-7-9-18-8-5-6-11-21(18)19/h5-14H,15H2,1-4H3,(H2,26,27,32). The Morgan fingerprint density at radius 2 is 1.75 bits per heavy atom. The fourth-order valence-corrected chi connectivity index (χ4v) is 4.00. The zero-order valence-electron chi connectivity index (χ0n) is 18.6. The Hall–Kier alpha value is -3.58. The molecule has 0 amide bonds. The maximum absolute atomic E-state index is 5.56. The van der Waals surface area contributed by atoms with Crippen LogP contribution in [0.3, 0.4) is 0 Å². The van der Waals surface area contributed by atoms with E-state index in [0.717, 1.165) is 22.8 Å². The Kier molecular flexibility index (Phi) is 6.28. The summed E-state index contributed by atoms with van der Waals surface area (Å²) in [5, 5.41) is 14.2. The van der Waals surface area contributed by atoms with Crippen molar-refractivity contribution in [3.63, 3.8) is 0 Å². The van der Waals surface area contributed by atoms with Crippen LogP contribution >= 0.6 is 12.2 Å². The first-order chi connectivity index (χ1) is 15.5. The van der Waals surface area contributed by atoms with Gasteiger partial charge in [-0.05, 0) is 54.5 Å². The van der Waals surface area contributed by atoms with E-state index in [9.17, 15) is 0 Å². The van der Waals surface area contributed by atoms with E-state index in [0.29, 0.717) is 23.2 Å². The molecule has 3 aromatic carbocycles. The molecule has 164 valence electrons. The van der Waals surface area contributed by atoms with Crippen LogP contribution in [0.2, 0.25) is 0 Å². The van der Waals surface area contributed by atoms with Crippen LogP contribution in [0.15, 0.2) is 60.7 Å². The molecule has 0 fully saturated rings. The highest BCUT2D eigenvalue weighted by Gasteiger charge is 2.15. The number of nitrogens with zero attached hydrogens (tertiary/aromatic N) is 2. The molecule has 0 bridgehead atoms. The van der Waals surface area contributed by atoms with Gasteiger partial charge >= 0.3 is 0 Å². The van der Waals surface area contributed by atoms with Crippen LogP contribution in [-0.4, -0.2) is 29.1 Å². The molecule has 4 rings (SSSR count). The minimum atomic E-state index is 0.462. The first-order valence-corrected chi connectivity index (χ1v) is 10.7. The second-order valence-corrected chi connectivity index (χ2v) is 7.90. The molecule has 0 aliphatic heterocycles. The van der Waals surface area contributed by atoms with Crippen LogP contribution in [0, 0.1) is 13.8 Å². The molecule has 6 nitrogen and oxygen atoms in total. The van der Waals surface area contributed by atoms with Crippen molar-refractivity contribution in [3.8, 4) is 11.5 Å². The topological polar surface area (TPSA) is 60.3 Å². The zero-order chi connectivity index (χ0) is 22.7. The van der Waals surface area contributed by atoms with E-state index in [2.05, 4.69) is 53.1 Å². The number of nitrogens with one attached hydrogen (secondary N) is 2. The van der Waals surface area contributed by atoms with Crippen molar-refractivity contribution in [2.24, 2.45) is 0 Å². The molecule has 2 N–H and O–H groups in total. The number of fused-ring (bicyclic) bond motifs is 1. The summed E-state index contributed by atoms with van der Waals surface area (Å²) in [4.78, 5) is 0. The molecular formula is C25H26N4O2S. The van der Waals surface area contributed by atoms with E-state index in [1.54, 1.807) is 14.2 Å². The van der Waals surface area contributed by atoms with E-state index in [-0.39, 0.29) is 0 Å². The molecule has 0 atom stereocenters. The van der Waals surface area contributed by atoms with Gasteiger partial charge in [-0.2, -0.15) is 5.10 Å². The molecule has 0 saturated heterocycles. The van der Waals surface area contributed by atoms with Crippen LogP contribution in [0.1, 0.15) is 17.0 Å². The van der Waals surface area contributed by atoms with Crippen molar-refractivity contribution in [2.75, 3.05) is 24.9 Å². The van der Waals surface area contributed by atoms with Gasteiger partial charge in [0.05, 0.1) is 43.5 Å². The fourth-order valence-electron chi connectivity index (χ4n) is 3.79. The Bertz CT molecular complexity index is 1280. The molecule has 0 spiro atoms. The van der Waals surface area contributed by atoms with Gasteiger partial charge in [-0.15, -0.1) is 0 Å². The average Bonchev–Trinajstić information content (AvgIpc) is 3.06. The van der Waals surface area contributed by atoms with E-state index >= 15 is 0 Å². The van der Waals surface area contributed by atoms with Crippen LogP contribution in [0.4, 0.5) is 11.4 Å². The van der Waals surface area contributed by atoms with E-state index in [1.165, 1.54) is 16.3 Å². The van der Waals surface area contributed by atoms with Gasteiger partial charge in [-0.3, -0.25) is 4.68 Å².